The highest BCUT2D eigenvalue weighted by atomic mass is 16.5. The van der Waals surface area contributed by atoms with Crippen LogP contribution in [0, 0.1) is 5.92 Å². The number of likely N-dealkylation sites (tertiary alicyclic amines) is 1. The third kappa shape index (κ3) is 4.15. The van der Waals surface area contributed by atoms with Crippen molar-refractivity contribution in [3.05, 3.63) is 35.9 Å². The molecule has 0 aromatic heterocycles. The lowest BCUT2D eigenvalue weighted by Crippen LogP contribution is -2.55. The van der Waals surface area contributed by atoms with Crippen LogP contribution in [0.4, 0.5) is 0 Å². The second-order valence-corrected chi connectivity index (χ2v) is 7.05. The fraction of sp³-hybridized carbons (Fsp3) is 0.632. The van der Waals surface area contributed by atoms with Crippen LogP contribution >= 0.6 is 0 Å². The highest BCUT2D eigenvalue weighted by Gasteiger charge is 2.35. The Morgan fingerprint density at radius 3 is 2.79 bits per heavy atom. The van der Waals surface area contributed by atoms with E-state index in [2.05, 4.69) is 24.0 Å². The number of aliphatic hydroxyl groups excluding tert-OH is 1. The van der Waals surface area contributed by atoms with Crippen molar-refractivity contribution in [2.75, 3.05) is 32.8 Å². The summed E-state index contributed by atoms with van der Waals surface area (Å²) in [6.07, 6.45) is 1.56. The van der Waals surface area contributed by atoms with E-state index in [4.69, 9.17) is 4.74 Å². The number of hydrogen-bond acceptors (Lipinski definition) is 4. The monoisotopic (exact) mass is 332 g/mol. The lowest BCUT2D eigenvalue weighted by molar-refractivity contribution is -0.154. The van der Waals surface area contributed by atoms with Gasteiger partial charge in [0.2, 0.25) is 0 Å². The number of carbonyl (C=O) groups is 1. The average Bonchev–Trinajstić information content (AvgIpc) is 2.63. The number of hydrogen-bond donors (Lipinski definition) is 1. The fourth-order valence-corrected chi connectivity index (χ4v) is 3.66. The molecule has 2 aliphatic rings. The summed E-state index contributed by atoms with van der Waals surface area (Å²) < 4.78 is 5.78. The molecule has 3 rings (SSSR count). The van der Waals surface area contributed by atoms with Gasteiger partial charge in [-0.05, 0) is 31.2 Å². The normalized spacial score (nSPS) is 28.8. The summed E-state index contributed by atoms with van der Waals surface area (Å²) >= 11 is 0. The van der Waals surface area contributed by atoms with Crippen LogP contribution in [0.5, 0.6) is 0 Å². The van der Waals surface area contributed by atoms with Gasteiger partial charge in [0.25, 0.3) is 5.91 Å². The van der Waals surface area contributed by atoms with Crippen molar-refractivity contribution in [2.24, 2.45) is 5.92 Å². The average molecular weight is 332 g/mol. The van der Waals surface area contributed by atoms with Crippen LogP contribution in [0.3, 0.4) is 0 Å². The van der Waals surface area contributed by atoms with Gasteiger partial charge in [-0.15, -0.1) is 0 Å². The molecule has 2 fully saturated rings. The van der Waals surface area contributed by atoms with Crippen molar-refractivity contribution in [3.63, 3.8) is 0 Å². The molecule has 2 aliphatic heterocycles. The van der Waals surface area contributed by atoms with Gasteiger partial charge in [0.1, 0.15) is 6.10 Å². The molecule has 1 amide bonds. The highest BCUT2D eigenvalue weighted by Crippen LogP contribution is 2.23. The van der Waals surface area contributed by atoms with E-state index in [0.717, 1.165) is 25.9 Å². The Morgan fingerprint density at radius 2 is 2.04 bits per heavy atom. The van der Waals surface area contributed by atoms with E-state index in [1.54, 1.807) is 0 Å². The number of aliphatic hydroxyl groups is 1. The van der Waals surface area contributed by atoms with Crippen LogP contribution < -0.4 is 0 Å². The highest BCUT2D eigenvalue weighted by molar-refractivity contribution is 5.81. The number of rotatable bonds is 4. The Labute approximate surface area is 144 Å². The van der Waals surface area contributed by atoms with E-state index in [-0.39, 0.29) is 30.6 Å². The molecule has 0 radical (unpaired) electrons. The first-order valence-corrected chi connectivity index (χ1v) is 8.96. The molecule has 2 heterocycles. The Bertz CT molecular complexity index is 537. The zero-order valence-corrected chi connectivity index (χ0v) is 14.4. The van der Waals surface area contributed by atoms with E-state index in [0.29, 0.717) is 19.7 Å². The Kier molecular flexibility index (Phi) is 5.87. The molecule has 1 aromatic rings. The zero-order valence-electron chi connectivity index (χ0n) is 14.4. The molecule has 2 saturated heterocycles. The number of piperidine rings is 1. The topological polar surface area (TPSA) is 53.0 Å². The van der Waals surface area contributed by atoms with Crippen LogP contribution in [-0.2, 0) is 16.1 Å². The summed E-state index contributed by atoms with van der Waals surface area (Å²) in [7, 11) is 0. The molecule has 0 spiro atoms. The Morgan fingerprint density at radius 1 is 1.25 bits per heavy atom. The molecule has 0 aliphatic carbocycles. The van der Waals surface area contributed by atoms with Gasteiger partial charge in [0.05, 0.1) is 6.61 Å². The predicted octanol–water partition coefficient (Wildman–Crippen LogP) is 1.51. The van der Waals surface area contributed by atoms with Crippen molar-refractivity contribution < 1.29 is 14.6 Å². The van der Waals surface area contributed by atoms with E-state index >= 15 is 0 Å². The summed E-state index contributed by atoms with van der Waals surface area (Å²) in [6, 6.07) is 10.6. The lowest BCUT2D eigenvalue weighted by atomic mass is 9.93. The minimum Gasteiger partial charge on any atom is -0.396 e. The first kappa shape index (κ1) is 17.4. The van der Waals surface area contributed by atoms with Crippen molar-refractivity contribution in [1.82, 2.24) is 9.80 Å². The number of carbonyl (C=O) groups excluding carboxylic acids is 1. The van der Waals surface area contributed by atoms with Gasteiger partial charge in [0, 0.05) is 38.8 Å². The van der Waals surface area contributed by atoms with Crippen molar-refractivity contribution >= 4 is 5.91 Å². The van der Waals surface area contributed by atoms with E-state index < -0.39 is 0 Å². The zero-order chi connectivity index (χ0) is 16.9. The molecular weight excluding hydrogens is 304 g/mol. The van der Waals surface area contributed by atoms with E-state index in [1.807, 2.05) is 23.1 Å². The summed E-state index contributed by atoms with van der Waals surface area (Å²) in [5.41, 5.74) is 1.26. The van der Waals surface area contributed by atoms with Crippen LogP contribution in [-0.4, -0.2) is 65.8 Å². The smallest absolute Gasteiger partial charge is 0.253 e. The first-order chi connectivity index (χ1) is 11.7. The fourth-order valence-electron chi connectivity index (χ4n) is 3.66. The van der Waals surface area contributed by atoms with Gasteiger partial charge in [0.15, 0.2) is 0 Å². The molecule has 1 aromatic carbocycles. The molecule has 3 unspecified atom stereocenters. The minimum atomic E-state index is -0.387. The molecular formula is C19H28N2O3. The molecule has 5 heteroatoms. The summed E-state index contributed by atoms with van der Waals surface area (Å²) in [6.45, 7) is 5.83. The van der Waals surface area contributed by atoms with Gasteiger partial charge < -0.3 is 14.7 Å². The van der Waals surface area contributed by atoms with Crippen molar-refractivity contribution in [3.8, 4) is 0 Å². The number of ether oxygens (including phenoxy) is 1. The molecule has 0 saturated carbocycles. The van der Waals surface area contributed by atoms with Crippen LogP contribution in [0.25, 0.3) is 0 Å². The van der Waals surface area contributed by atoms with Gasteiger partial charge in [-0.25, -0.2) is 0 Å². The second kappa shape index (κ2) is 8.10. The largest absolute Gasteiger partial charge is 0.396 e. The molecule has 1 N–H and O–H groups in total. The summed E-state index contributed by atoms with van der Waals surface area (Å²) in [4.78, 5) is 17.1. The third-order valence-corrected chi connectivity index (χ3v) is 5.20. The second-order valence-electron chi connectivity index (χ2n) is 7.05. The molecule has 0 bridgehead atoms. The first-order valence-electron chi connectivity index (χ1n) is 8.96. The molecule has 132 valence electrons. The summed E-state index contributed by atoms with van der Waals surface area (Å²) in [5.74, 6) is 0.285. The maximum atomic E-state index is 12.9. The SMILES string of the molecule is CC1CCC(CO)CN1C(=O)C1CN(Cc2ccccc2)CCO1. The maximum Gasteiger partial charge on any atom is 0.253 e. The van der Waals surface area contributed by atoms with Crippen LogP contribution in [0.15, 0.2) is 30.3 Å². The Balaban J connectivity index is 1.60. The molecule has 3 atom stereocenters. The van der Waals surface area contributed by atoms with E-state index in [9.17, 15) is 9.90 Å². The lowest BCUT2D eigenvalue weighted by Gasteiger charge is -2.41. The van der Waals surface area contributed by atoms with Gasteiger partial charge in [-0.1, -0.05) is 30.3 Å². The molecule has 24 heavy (non-hydrogen) atoms. The molecule has 5 nitrogen and oxygen atoms in total. The van der Waals surface area contributed by atoms with Crippen molar-refractivity contribution in [2.45, 2.75) is 38.5 Å². The number of amides is 1. The van der Waals surface area contributed by atoms with Crippen LogP contribution in [0.2, 0.25) is 0 Å². The van der Waals surface area contributed by atoms with Crippen molar-refractivity contribution in [1.29, 1.82) is 0 Å². The van der Waals surface area contributed by atoms with E-state index in [1.165, 1.54) is 5.56 Å². The summed E-state index contributed by atoms with van der Waals surface area (Å²) in [5, 5.41) is 9.42. The van der Waals surface area contributed by atoms with Gasteiger partial charge in [-0.2, -0.15) is 0 Å². The standard InChI is InChI=1S/C19H28N2O3/c1-15-7-8-17(14-22)12-21(15)19(23)18-13-20(9-10-24-18)11-16-5-3-2-4-6-16/h2-6,15,17-18,22H,7-14H2,1H3. The number of morpholine rings is 1. The predicted molar refractivity (Wildman–Crippen MR) is 92.4 cm³/mol. The van der Waals surface area contributed by atoms with Gasteiger partial charge >= 0.3 is 0 Å². The van der Waals surface area contributed by atoms with Gasteiger partial charge in [-0.3, -0.25) is 9.69 Å². The maximum absolute atomic E-state index is 12.9. The minimum absolute atomic E-state index is 0.0819. The third-order valence-electron chi connectivity index (χ3n) is 5.20. The number of benzene rings is 1. The quantitative estimate of drug-likeness (QED) is 0.908. The Hall–Kier alpha value is -1.43. The number of nitrogens with zero attached hydrogens (tertiary/aromatic N) is 2. The van der Waals surface area contributed by atoms with Crippen LogP contribution in [0.1, 0.15) is 25.3 Å².